The van der Waals surface area contributed by atoms with Crippen LogP contribution >= 0.6 is 15.9 Å². The molecule has 0 aliphatic heterocycles. The normalized spacial score (nSPS) is 11.2. The van der Waals surface area contributed by atoms with Gasteiger partial charge in [-0.15, -0.1) is 0 Å². The van der Waals surface area contributed by atoms with E-state index in [0.717, 1.165) is 10.0 Å². The summed E-state index contributed by atoms with van der Waals surface area (Å²) < 4.78 is 33.9. The van der Waals surface area contributed by atoms with E-state index in [9.17, 15) is 8.42 Å². The lowest BCUT2D eigenvalue weighted by Crippen LogP contribution is -2.30. The van der Waals surface area contributed by atoms with Crippen LogP contribution in [0.1, 0.15) is 12.5 Å². The predicted molar refractivity (Wildman–Crippen MR) is 112 cm³/mol. The topological polar surface area (TPSA) is 46.6 Å². The molecular formula is C21H20BrNO3S. The van der Waals surface area contributed by atoms with Crippen molar-refractivity contribution >= 4 is 31.6 Å². The first-order valence-corrected chi connectivity index (χ1v) is 10.8. The van der Waals surface area contributed by atoms with Gasteiger partial charge < -0.3 is 4.74 Å². The van der Waals surface area contributed by atoms with Crippen molar-refractivity contribution in [3.63, 3.8) is 0 Å². The van der Waals surface area contributed by atoms with E-state index >= 15 is 0 Å². The SMILES string of the molecule is CCN(c1ccc(OCc2ccccc2)cc1)S(=O)(=O)c1ccc(Br)cc1. The minimum absolute atomic E-state index is 0.261. The molecule has 140 valence electrons. The number of hydrogen-bond donors (Lipinski definition) is 0. The third-order valence-electron chi connectivity index (χ3n) is 4.06. The molecule has 0 saturated heterocycles. The molecule has 3 aromatic carbocycles. The molecule has 3 rings (SSSR count). The highest BCUT2D eigenvalue weighted by atomic mass is 79.9. The molecule has 0 aromatic heterocycles. The van der Waals surface area contributed by atoms with Gasteiger partial charge in [-0.25, -0.2) is 8.42 Å². The monoisotopic (exact) mass is 445 g/mol. The Labute approximate surface area is 168 Å². The van der Waals surface area contributed by atoms with Gasteiger partial charge in [0.25, 0.3) is 10.0 Å². The standard InChI is InChI=1S/C21H20BrNO3S/c1-2-23(27(24,25)21-14-8-18(22)9-15-21)19-10-12-20(13-11-19)26-16-17-6-4-3-5-7-17/h3-15H,2,16H2,1H3. The van der Waals surface area contributed by atoms with Crippen LogP contribution in [0, 0.1) is 0 Å². The molecule has 0 aliphatic rings. The third kappa shape index (κ3) is 4.70. The minimum Gasteiger partial charge on any atom is -0.489 e. The molecule has 0 aliphatic carbocycles. The maximum atomic E-state index is 13.0. The first kappa shape index (κ1) is 19.5. The van der Waals surface area contributed by atoms with Gasteiger partial charge in [0.2, 0.25) is 0 Å². The minimum atomic E-state index is -3.62. The van der Waals surface area contributed by atoms with Crippen LogP contribution in [0.15, 0.2) is 88.2 Å². The van der Waals surface area contributed by atoms with Gasteiger partial charge in [0.05, 0.1) is 10.6 Å². The van der Waals surface area contributed by atoms with Gasteiger partial charge in [-0.05, 0) is 61.0 Å². The number of hydrogen-bond acceptors (Lipinski definition) is 3. The summed E-state index contributed by atoms with van der Waals surface area (Å²) in [5, 5.41) is 0. The van der Waals surface area contributed by atoms with E-state index < -0.39 is 10.0 Å². The highest BCUT2D eigenvalue weighted by Gasteiger charge is 2.23. The van der Waals surface area contributed by atoms with Crippen LogP contribution in [0.3, 0.4) is 0 Å². The molecule has 4 nitrogen and oxygen atoms in total. The van der Waals surface area contributed by atoms with Crippen molar-refractivity contribution in [1.82, 2.24) is 0 Å². The van der Waals surface area contributed by atoms with E-state index in [0.29, 0.717) is 24.6 Å². The second-order valence-corrected chi connectivity index (χ2v) is 8.67. The molecule has 0 saturated carbocycles. The number of nitrogens with zero attached hydrogens (tertiary/aromatic N) is 1. The quantitative estimate of drug-likeness (QED) is 0.499. The van der Waals surface area contributed by atoms with Gasteiger partial charge in [0.1, 0.15) is 12.4 Å². The zero-order valence-electron chi connectivity index (χ0n) is 14.9. The van der Waals surface area contributed by atoms with Crippen molar-refractivity contribution < 1.29 is 13.2 Å². The third-order valence-corrected chi connectivity index (χ3v) is 6.51. The van der Waals surface area contributed by atoms with Gasteiger partial charge in [-0.3, -0.25) is 4.31 Å². The molecule has 0 bridgehead atoms. The Balaban J connectivity index is 1.76. The number of sulfonamides is 1. The average molecular weight is 446 g/mol. The van der Waals surface area contributed by atoms with Crippen molar-refractivity contribution in [2.75, 3.05) is 10.8 Å². The maximum absolute atomic E-state index is 13.0. The fraction of sp³-hybridized carbons (Fsp3) is 0.143. The zero-order valence-corrected chi connectivity index (χ0v) is 17.3. The van der Waals surface area contributed by atoms with E-state index in [-0.39, 0.29) is 4.90 Å². The molecule has 0 unspecified atom stereocenters. The van der Waals surface area contributed by atoms with E-state index in [4.69, 9.17) is 4.74 Å². The molecular weight excluding hydrogens is 426 g/mol. The Kier molecular flexibility index (Phi) is 6.19. The van der Waals surface area contributed by atoms with Gasteiger partial charge in [-0.2, -0.15) is 0 Å². The van der Waals surface area contributed by atoms with Gasteiger partial charge >= 0.3 is 0 Å². The van der Waals surface area contributed by atoms with Crippen LogP contribution in [0.25, 0.3) is 0 Å². The molecule has 0 N–H and O–H groups in total. The van der Waals surface area contributed by atoms with Gasteiger partial charge in [0.15, 0.2) is 0 Å². The second kappa shape index (κ2) is 8.59. The van der Waals surface area contributed by atoms with Crippen LogP contribution < -0.4 is 9.04 Å². The summed E-state index contributed by atoms with van der Waals surface area (Å²) in [5.74, 6) is 0.694. The Morgan fingerprint density at radius 3 is 2.11 bits per heavy atom. The summed E-state index contributed by atoms with van der Waals surface area (Å²) in [6.45, 7) is 2.62. The Bertz CT molecular complexity index is 972. The number of halogens is 1. The number of anilines is 1. The molecule has 0 spiro atoms. The highest BCUT2D eigenvalue weighted by Crippen LogP contribution is 2.26. The summed E-state index contributed by atoms with van der Waals surface area (Å²) in [6, 6.07) is 23.6. The highest BCUT2D eigenvalue weighted by molar-refractivity contribution is 9.10. The van der Waals surface area contributed by atoms with Crippen molar-refractivity contribution in [3.8, 4) is 5.75 Å². The first-order valence-electron chi connectivity index (χ1n) is 8.56. The van der Waals surface area contributed by atoms with Crippen LogP contribution in [0.4, 0.5) is 5.69 Å². The summed E-state index contributed by atoms with van der Waals surface area (Å²) in [6.07, 6.45) is 0. The van der Waals surface area contributed by atoms with Crippen LogP contribution in [-0.2, 0) is 16.6 Å². The van der Waals surface area contributed by atoms with Crippen LogP contribution in [-0.4, -0.2) is 15.0 Å². The smallest absolute Gasteiger partial charge is 0.264 e. The Hall–Kier alpha value is -2.31. The average Bonchev–Trinajstić information content (AvgIpc) is 2.69. The van der Waals surface area contributed by atoms with Crippen molar-refractivity contribution in [3.05, 3.63) is 88.9 Å². The van der Waals surface area contributed by atoms with Crippen LogP contribution in [0.2, 0.25) is 0 Å². The number of benzene rings is 3. The summed E-state index contributed by atoms with van der Waals surface area (Å²) in [7, 11) is -3.62. The number of ether oxygens (including phenoxy) is 1. The van der Waals surface area contributed by atoms with Crippen LogP contribution in [0.5, 0.6) is 5.75 Å². The van der Waals surface area contributed by atoms with E-state index in [1.54, 1.807) is 48.5 Å². The summed E-state index contributed by atoms with van der Waals surface area (Å²) >= 11 is 3.33. The van der Waals surface area contributed by atoms with Crippen molar-refractivity contribution in [2.45, 2.75) is 18.4 Å². The van der Waals surface area contributed by atoms with Crippen molar-refractivity contribution in [1.29, 1.82) is 0 Å². The summed E-state index contributed by atoms with van der Waals surface area (Å²) in [5.41, 5.74) is 1.68. The molecule has 3 aromatic rings. The molecule has 6 heteroatoms. The Morgan fingerprint density at radius 1 is 0.889 bits per heavy atom. The molecule has 0 radical (unpaired) electrons. The largest absolute Gasteiger partial charge is 0.489 e. The van der Waals surface area contributed by atoms with E-state index in [1.807, 2.05) is 37.3 Å². The first-order chi connectivity index (χ1) is 13.0. The predicted octanol–water partition coefficient (Wildman–Crippen LogP) is 5.24. The lowest BCUT2D eigenvalue weighted by atomic mass is 10.2. The number of rotatable bonds is 7. The molecule has 0 fully saturated rings. The fourth-order valence-electron chi connectivity index (χ4n) is 2.67. The second-order valence-electron chi connectivity index (χ2n) is 5.89. The fourth-order valence-corrected chi connectivity index (χ4v) is 4.41. The van der Waals surface area contributed by atoms with Gasteiger partial charge in [0, 0.05) is 11.0 Å². The lowest BCUT2D eigenvalue weighted by molar-refractivity contribution is 0.306. The van der Waals surface area contributed by atoms with E-state index in [2.05, 4.69) is 15.9 Å². The zero-order chi connectivity index (χ0) is 19.3. The summed E-state index contributed by atoms with van der Waals surface area (Å²) in [4.78, 5) is 0.261. The Morgan fingerprint density at radius 2 is 1.52 bits per heavy atom. The molecule has 0 heterocycles. The maximum Gasteiger partial charge on any atom is 0.264 e. The molecule has 0 atom stereocenters. The van der Waals surface area contributed by atoms with Gasteiger partial charge in [-0.1, -0.05) is 46.3 Å². The molecule has 27 heavy (non-hydrogen) atoms. The molecule has 0 amide bonds. The van der Waals surface area contributed by atoms with E-state index in [1.165, 1.54) is 4.31 Å². The lowest BCUT2D eigenvalue weighted by Gasteiger charge is -2.23. The van der Waals surface area contributed by atoms with Crippen molar-refractivity contribution in [2.24, 2.45) is 0 Å².